The van der Waals surface area contributed by atoms with Crippen molar-refractivity contribution in [2.24, 2.45) is 0 Å². The largest absolute Gasteiger partial charge is 0.399 e. The number of nitrogens with zero attached hydrogens (tertiary/aromatic N) is 2. The number of hydrogen-bond donors (Lipinski definition) is 2. The summed E-state index contributed by atoms with van der Waals surface area (Å²) in [6.07, 6.45) is 1.56. The van der Waals surface area contributed by atoms with Crippen molar-refractivity contribution in [3.05, 3.63) is 24.5 Å². The maximum absolute atomic E-state index is 5.56. The predicted octanol–water partition coefficient (Wildman–Crippen LogP) is 0.332. The molecule has 0 spiro atoms. The summed E-state index contributed by atoms with van der Waals surface area (Å²) in [7, 11) is 0. The first-order valence-electron chi connectivity index (χ1n) is 3.25. The molecule has 0 fully saturated rings. The average Bonchev–Trinajstić information content (AvgIpc) is 2.33. The van der Waals surface area contributed by atoms with Gasteiger partial charge in [-0.15, -0.1) is 0 Å². The second-order valence-electron chi connectivity index (χ2n) is 2.40. The number of rotatable bonds is 0. The normalized spacial score (nSPS) is 10.5. The highest BCUT2D eigenvalue weighted by Crippen LogP contribution is 2.13. The quantitative estimate of drug-likeness (QED) is 0.418. The molecule has 2 rings (SSSR count). The predicted molar refractivity (Wildman–Crippen MR) is 44.3 cm³/mol. The van der Waals surface area contributed by atoms with Gasteiger partial charge in [0.25, 0.3) is 0 Å². The topological polar surface area (TPSA) is 69.9 Å². The van der Waals surface area contributed by atoms with Crippen molar-refractivity contribution in [3.8, 4) is 0 Å². The van der Waals surface area contributed by atoms with Crippen molar-refractivity contribution >= 4 is 16.7 Å². The number of imidazole rings is 1. The molecule has 0 unspecified atom stereocenters. The van der Waals surface area contributed by atoms with Gasteiger partial charge in [0, 0.05) is 5.69 Å². The summed E-state index contributed by atoms with van der Waals surface area (Å²) in [6, 6.07) is 5.44. The van der Waals surface area contributed by atoms with Crippen LogP contribution in [0.4, 0.5) is 5.69 Å². The molecule has 11 heavy (non-hydrogen) atoms. The highest BCUT2D eigenvalue weighted by molar-refractivity contribution is 5.78. The smallest absolute Gasteiger partial charge is 0.115 e. The standard InChI is InChI=1S/C7H8N4/c8-5-1-2-6-7(3-5)11(9)4-10-6/h1-4H,8-9H2. The third-order valence-electron chi connectivity index (χ3n) is 1.60. The molecule has 4 N–H and O–H groups in total. The average molecular weight is 148 g/mol. The molecule has 1 aromatic heterocycles. The van der Waals surface area contributed by atoms with E-state index < -0.39 is 0 Å². The summed E-state index contributed by atoms with van der Waals surface area (Å²) in [5.41, 5.74) is 7.97. The van der Waals surface area contributed by atoms with Gasteiger partial charge in [-0.1, -0.05) is 0 Å². The summed E-state index contributed by atoms with van der Waals surface area (Å²) < 4.78 is 1.45. The van der Waals surface area contributed by atoms with Crippen LogP contribution < -0.4 is 11.6 Å². The minimum absolute atomic E-state index is 0.699. The maximum atomic E-state index is 5.56. The number of hydrogen-bond acceptors (Lipinski definition) is 3. The highest BCUT2D eigenvalue weighted by Gasteiger charge is 1.98. The minimum atomic E-state index is 0.699. The van der Waals surface area contributed by atoms with E-state index in [-0.39, 0.29) is 0 Å². The molecule has 56 valence electrons. The number of nitrogens with two attached hydrogens (primary N) is 2. The van der Waals surface area contributed by atoms with Crippen LogP contribution in [0, 0.1) is 0 Å². The SMILES string of the molecule is Nc1ccc2ncn(N)c2c1. The first-order chi connectivity index (χ1) is 5.27. The molecule has 0 aliphatic heterocycles. The summed E-state index contributed by atoms with van der Waals surface area (Å²) in [5, 5.41) is 0. The van der Waals surface area contributed by atoms with E-state index >= 15 is 0 Å². The van der Waals surface area contributed by atoms with Crippen LogP contribution in [-0.2, 0) is 0 Å². The van der Waals surface area contributed by atoms with Gasteiger partial charge in [-0.05, 0) is 18.2 Å². The zero-order valence-electron chi connectivity index (χ0n) is 5.86. The van der Waals surface area contributed by atoms with Gasteiger partial charge in [0.05, 0.1) is 11.0 Å². The third kappa shape index (κ3) is 0.797. The lowest BCUT2D eigenvalue weighted by atomic mass is 10.3. The summed E-state index contributed by atoms with van der Waals surface area (Å²) in [6.45, 7) is 0. The first-order valence-corrected chi connectivity index (χ1v) is 3.25. The van der Waals surface area contributed by atoms with Crippen LogP contribution in [0.3, 0.4) is 0 Å². The van der Waals surface area contributed by atoms with Crippen molar-refractivity contribution in [1.29, 1.82) is 0 Å². The van der Waals surface area contributed by atoms with Gasteiger partial charge in [0.2, 0.25) is 0 Å². The van der Waals surface area contributed by atoms with E-state index in [0.717, 1.165) is 11.0 Å². The molecule has 1 aromatic carbocycles. The fourth-order valence-electron chi connectivity index (χ4n) is 1.04. The van der Waals surface area contributed by atoms with Gasteiger partial charge < -0.3 is 11.6 Å². The molecular weight excluding hydrogens is 140 g/mol. The van der Waals surface area contributed by atoms with Gasteiger partial charge >= 0.3 is 0 Å². The Balaban J connectivity index is 2.87. The van der Waals surface area contributed by atoms with E-state index in [9.17, 15) is 0 Å². The molecule has 0 atom stereocenters. The molecule has 1 heterocycles. The van der Waals surface area contributed by atoms with Crippen molar-refractivity contribution in [1.82, 2.24) is 9.66 Å². The molecule has 0 radical (unpaired) electrons. The van der Waals surface area contributed by atoms with Crippen LogP contribution >= 0.6 is 0 Å². The molecular formula is C7H8N4. The van der Waals surface area contributed by atoms with E-state index in [1.807, 2.05) is 6.07 Å². The van der Waals surface area contributed by atoms with Crippen LogP contribution in [0.15, 0.2) is 24.5 Å². The highest BCUT2D eigenvalue weighted by atomic mass is 15.3. The maximum Gasteiger partial charge on any atom is 0.115 e. The Labute approximate surface area is 63.4 Å². The Bertz CT molecular complexity index is 390. The number of fused-ring (bicyclic) bond motifs is 1. The van der Waals surface area contributed by atoms with Crippen LogP contribution in [0.1, 0.15) is 0 Å². The molecule has 0 amide bonds. The Hall–Kier alpha value is -1.71. The summed E-state index contributed by atoms with van der Waals surface area (Å²) >= 11 is 0. The van der Waals surface area contributed by atoms with E-state index in [1.54, 1.807) is 18.5 Å². The molecule has 0 saturated heterocycles. The Morgan fingerprint density at radius 3 is 3.00 bits per heavy atom. The van der Waals surface area contributed by atoms with E-state index in [1.165, 1.54) is 4.68 Å². The van der Waals surface area contributed by atoms with Crippen LogP contribution in [0.5, 0.6) is 0 Å². The lowest BCUT2D eigenvalue weighted by Gasteiger charge is -1.94. The molecule has 0 saturated carbocycles. The van der Waals surface area contributed by atoms with Crippen LogP contribution in [0.2, 0.25) is 0 Å². The van der Waals surface area contributed by atoms with Gasteiger partial charge in [0.15, 0.2) is 0 Å². The van der Waals surface area contributed by atoms with Crippen molar-refractivity contribution < 1.29 is 0 Å². The minimum Gasteiger partial charge on any atom is -0.399 e. The zero-order valence-corrected chi connectivity index (χ0v) is 5.86. The fourth-order valence-corrected chi connectivity index (χ4v) is 1.04. The third-order valence-corrected chi connectivity index (χ3v) is 1.60. The second-order valence-corrected chi connectivity index (χ2v) is 2.40. The Morgan fingerprint density at radius 1 is 1.36 bits per heavy atom. The second kappa shape index (κ2) is 1.88. The summed E-state index contributed by atoms with van der Waals surface area (Å²) in [5.74, 6) is 5.54. The first kappa shape index (κ1) is 6.03. The van der Waals surface area contributed by atoms with E-state index in [0.29, 0.717) is 5.69 Å². The molecule has 0 bridgehead atoms. The van der Waals surface area contributed by atoms with Gasteiger partial charge in [-0.2, -0.15) is 0 Å². The van der Waals surface area contributed by atoms with Crippen LogP contribution in [-0.4, -0.2) is 9.66 Å². The molecule has 4 nitrogen and oxygen atoms in total. The van der Waals surface area contributed by atoms with Gasteiger partial charge in [0.1, 0.15) is 6.33 Å². The van der Waals surface area contributed by atoms with Crippen LogP contribution in [0.25, 0.3) is 11.0 Å². The fraction of sp³-hybridized carbons (Fsp3) is 0. The Morgan fingerprint density at radius 2 is 2.18 bits per heavy atom. The zero-order chi connectivity index (χ0) is 7.84. The molecule has 4 heteroatoms. The van der Waals surface area contributed by atoms with E-state index in [2.05, 4.69) is 4.98 Å². The van der Waals surface area contributed by atoms with Gasteiger partial charge in [-0.25, -0.2) is 9.66 Å². The van der Waals surface area contributed by atoms with Crippen molar-refractivity contribution in [2.45, 2.75) is 0 Å². The number of anilines is 1. The summed E-state index contributed by atoms with van der Waals surface area (Å²) in [4.78, 5) is 4.04. The van der Waals surface area contributed by atoms with Gasteiger partial charge in [-0.3, -0.25) is 0 Å². The number of aromatic nitrogens is 2. The lowest BCUT2D eigenvalue weighted by molar-refractivity contribution is 1.04. The molecule has 0 aliphatic carbocycles. The number of benzene rings is 1. The van der Waals surface area contributed by atoms with Crippen molar-refractivity contribution in [3.63, 3.8) is 0 Å². The monoisotopic (exact) mass is 148 g/mol. The lowest BCUT2D eigenvalue weighted by Crippen LogP contribution is -2.05. The van der Waals surface area contributed by atoms with E-state index in [4.69, 9.17) is 11.6 Å². The Kier molecular flexibility index (Phi) is 1.03. The number of nitrogen functional groups attached to an aromatic ring is 2. The van der Waals surface area contributed by atoms with Crippen molar-refractivity contribution in [2.75, 3.05) is 11.6 Å². The molecule has 0 aliphatic rings. The molecule has 2 aromatic rings.